The van der Waals surface area contributed by atoms with E-state index in [4.69, 9.17) is 9.47 Å². The molecular formula is C13H11N3O3S. The lowest BCUT2D eigenvalue weighted by Crippen LogP contribution is -2.04. The molecule has 3 rings (SSSR count). The highest BCUT2D eigenvalue weighted by atomic mass is 32.1. The fourth-order valence-electron chi connectivity index (χ4n) is 1.80. The Morgan fingerprint density at radius 1 is 1.30 bits per heavy atom. The molecule has 0 atom stereocenters. The van der Waals surface area contributed by atoms with Gasteiger partial charge in [0.1, 0.15) is 23.4 Å². The summed E-state index contributed by atoms with van der Waals surface area (Å²) in [5.41, 5.74) is 2.38. The molecule has 0 bridgehead atoms. The Labute approximate surface area is 118 Å². The Balaban J connectivity index is 1.71. The zero-order valence-corrected chi connectivity index (χ0v) is 11.4. The summed E-state index contributed by atoms with van der Waals surface area (Å²) in [5.74, 6) is 0.143. The second-order valence-corrected chi connectivity index (χ2v) is 4.96. The van der Waals surface area contributed by atoms with Crippen molar-refractivity contribution in [1.29, 1.82) is 0 Å². The standard InChI is InChI=1S/C13H11N3O3S/c1-18-11-4-5-20-12(11)13(17)19-7-8-2-3-9-10(6-8)15-16-14-9/h2-6H,7H2,1H3,(H,14,15,16). The molecule has 1 N–H and O–H groups in total. The van der Waals surface area contributed by atoms with Gasteiger partial charge in [-0.15, -0.1) is 11.3 Å². The molecule has 0 amide bonds. The maximum atomic E-state index is 11.9. The molecule has 0 fully saturated rings. The topological polar surface area (TPSA) is 77.1 Å². The molecule has 2 aromatic heterocycles. The first-order chi connectivity index (χ1) is 9.78. The number of fused-ring (bicyclic) bond motifs is 1. The largest absolute Gasteiger partial charge is 0.495 e. The first-order valence-corrected chi connectivity index (χ1v) is 6.74. The van der Waals surface area contributed by atoms with Gasteiger partial charge in [0, 0.05) is 0 Å². The number of hydrogen-bond acceptors (Lipinski definition) is 6. The van der Waals surface area contributed by atoms with Crippen LogP contribution in [0.15, 0.2) is 29.6 Å². The number of methoxy groups -OCH3 is 1. The zero-order chi connectivity index (χ0) is 13.9. The Hall–Kier alpha value is -2.41. The molecule has 0 aliphatic carbocycles. The number of esters is 1. The van der Waals surface area contributed by atoms with Gasteiger partial charge < -0.3 is 9.47 Å². The van der Waals surface area contributed by atoms with Crippen molar-refractivity contribution in [3.05, 3.63) is 40.1 Å². The van der Waals surface area contributed by atoms with Gasteiger partial charge in [-0.25, -0.2) is 4.79 Å². The molecule has 0 aliphatic heterocycles. The van der Waals surface area contributed by atoms with Crippen molar-refractivity contribution < 1.29 is 14.3 Å². The molecule has 20 heavy (non-hydrogen) atoms. The fourth-order valence-corrected chi connectivity index (χ4v) is 2.55. The number of rotatable bonds is 4. The van der Waals surface area contributed by atoms with Crippen molar-refractivity contribution in [3.8, 4) is 5.75 Å². The summed E-state index contributed by atoms with van der Waals surface area (Å²) in [5, 5.41) is 12.3. The lowest BCUT2D eigenvalue weighted by molar-refractivity contribution is 0.0475. The number of hydrogen-bond donors (Lipinski definition) is 1. The third kappa shape index (κ3) is 2.35. The highest BCUT2D eigenvalue weighted by Gasteiger charge is 2.15. The maximum Gasteiger partial charge on any atom is 0.352 e. The summed E-state index contributed by atoms with van der Waals surface area (Å²) in [4.78, 5) is 12.4. The summed E-state index contributed by atoms with van der Waals surface area (Å²) >= 11 is 1.29. The molecule has 0 saturated heterocycles. The van der Waals surface area contributed by atoms with Crippen molar-refractivity contribution in [2.45, 2.75) is 6.61 Å². The summed E-state index contributed by atoms with van der Waals surface area (Å²) in [6.45, 7) is 0.183. The molecule has 0 unspecified atom stereocenters. The average Bonchev–Trinajstić information content (AvgIpc) is 3.12. The highest BCUT2D eigenvalue weighted by molar-refractivity contribution is 7.12. The van der Waals surface area contributed by atoms with Gasteiger partial charge in [-0.1, -0.05) is 6.07 Å². The van der Waals surface area contributed by atoms with Gasteiger partial charge >= 0.3 is 5.97 Å². The average molecular weight is 289 g/mol. The lowest BCUT2D eigenvalue weighted by atomic mass is 10.2. The van der Waals surface area contributed by atoms with Crippen LogP contribution in [0.4, 0.5) is 0 Å². The van der Waals surface area contributed by atoms with E-state index in [1.54, 1.807) is 11.4 Å². The van der Waals surface area contributed by atoms with E-state index in [1.807, 2.05) is 18.2 Å². The monoisotopic (exact) mass is 289 g/mol. The number of carbonyl (C=O) groups is 1. The van der Waals surface area contributed by atoms with Gasteiger partial charge in [-0.3, -0.25) is 0 Å². The van der Waals surface area contributed by atoms with Gasteiger partial charge in [0.2, 0.25) is 0 Å². The number of benzene rings is 1. The molecule has 0 spiro atoms. The summed E-state index contributed by atoms with van der Waals surface area (Å²) in [6.07, 6.45) is 0. The Bertz CT molecular complexity index is 750. The number of ether oxygens (including phenoxy) is 2. The van der Waals surface area contributed by atoms with Crippen LogP contribution in [-0.2, 0) is 11.3 Å². The maximum absolute atomic E-state index is 11.9. The minimum Gasteiger partial charge on any atom is -0.495 e. The van der Waals surface area contributed by atoms with Gasteiger partial charge in [0.15, 0.2) is 4.88 Å². The van der Waals surface area contributed by atoms with E-state index in [1.165, 1.54) is 18.4 Å². The van der Waals surface area contributed by atoms with Crippen molar-refractivity contribution in [2.24, 2.45) is 0 Å². The summed E-state index contributed by atoms with van der Waals surface area (Å²) in [7, 11) is 1.53. The van der Waals surface area contributed by atoms with Crippen molar-refractivity contribution in [2.75, 3.05) is 7.11 Å². The van der Waals surface area contributed by atoms with Gasteiger partial charge in [0.05, 0.1) is 7.11 Å². The van der Waals surface area contributed by atoms with Crippen LogP contribution in [0.2, 0.25) is 0 Å². The number of thiophene rings is 1. The predicted octanol–water partition coefficient (Wildman–Crippen LogP) is 2.38. The Morgan fingerprint density at radius 3 is 3.00 bits per heavy atom. The van der Waals surface area contributed by atoms with Crippen molar-refractivity contribution in [1.82, 2.24) is 15.4 Å². The molecule has 1 aromatic carbocycles. The first-order valence-electron chi connectivity index (χ1n) is 5.86. The van der Waals surface area contributed by atoms with E-state index in [-0.39, 0.29) is 6.61 Å². The van der Waals surface area contributed by atoms with Gasteiger partial charge in [-0.05, 0) is 29.1 Å². The first kappa shape index (κ1) is 12.6. The molecule has 7 heteroatoms. The van der Waals surface area contributed by atoms with Crippen LogP contribution in [0.25, 0.3) is 11.0 Å². The van der Waals surface area contributed by atoms with E-state index in [2.05, 4.69) is 15.4 Å². The zero-order valence-electron chi connectivity index (χ0n) is 10.6. The second-order valence-electron chi connectivity index (χ2n) is 4.04. The highest BCUT2D eigenvalue weighted by Crippen LogP contribution is 2.25. The number of aromatic amines is 1. The number of H-pyrrole nitrogens is 1. The van der Waals surface area contributed by atoms with Crippen molar-refractivity contribution in [3.63, 3.8) is 0 Å². The van der Waals surface area contributed by atoms with Crippen LogP contribution < -0.4 is 4.74 Å². The number of nitrogens with one attached hydrogen (secondary N) is 1. The molecule has 3 aromatic rings. The van der Waals surface area contributed by atoms with Crippen LogP contribution in [-0.4, -0.2) is 28.5 Å². The van der Waals surface area contributed by atoms with Crippen LogP contribution in [0.5, 0.6) is 5.75 Å². The van der Waals surface area contributed by atoms with E-state index in [0.717, 1.165) is 16.6 Å². The molecule has 0 aliphatic rings. The summed E-state index contributed by atoms with van der Waals surface area (Å²) < 4.78 is 10.4. The van der Waals surface area contributed by atoms with E-state index in [9.17, 15) is 4.79 Å². The van der Waals surface area contributed by atoms with Crippen LogP contribution in [0.3, 0.4) is 0 Å². The quantitative estimate of drug-likeness (QED) is 0.746. The third-order valence-electron chi connectivity index (χ3n) is 2.79. The van der Waals surface area contributed by atoms with E-state index < -0.39 is 5.97 Å². The van der Waals surface area contributed by atoms with E-state index >= 15 is 0 Å². The Morgan fingerprint density at radius 2 is 2.15 bits per heavy atom. The Kier molecular flexibility index (Phi) is 3.34. The fraction of sp³-hybridized carbons (Fsp3) is 0.154. The molecule has 2 heterocycles. The van der Waals surface area contributed by atoms with Crippen molar-refractivity contribution >= 4 is 28.3 Å². The second kappa shape index (κ2) is 5.30. The minimum atomic E-state index is -0.392. The minimum absolute atomic E-state index is 0.183. The predicted molar refractivity (Wildman–Crippen MR) is 73.9 cm³/mol. The molecule has 102 valence electrons. The van der Waals surface area contributed by atoms with E-state index in [0.29, 0.717) is 10.6 Å². The number of nitrogens with zero attached hydrogens (tertiary/aromatic N) is 2. The number of aromatic nitrogens is 3. The normalized spacial score (nSPS) is 10.7. The molecule has 0 saturated carbocycles. The van der Waals surface area contributed by atoms with Gasteiger partial charge in [0.25, 0.3) is 0 Å². The van der Waals surface area contributed by atoms with Crippen LogP contribution >= 0.6 is 11.3 Å². The van der Waals surface area contributed by atoms with Crippen LogP contribution in [0, 0.1) is 0 Å². The summed E-state index contributed by atoms with van der Waals surface area (Å²) in [6, 6.07) is 7.25. The van der Waals surface area contributed by atoms with Crippen LogP contribution in [0.1, 0.15) is 15.2 Å². The molecule has 6 nitrogen and oxygen atoms in total. The lowest BCUT2D eigenvalue weighted by Gasteiger charge is -2.05. The van der Waals surface area contributed by atoms with Gasteiger partial charge in [-0.2, -0.15) is 15.4 Å². The third-order valence-corrected chi connectivity index (χ3v) is 3.66. The SMILES string of the molecule is COc1ccsc1C(=O)OCc1ccc2n[nH]nc2c1. The smallest absolute Gasteiger partial charge is 0.352 e. The molecular weight excluding hydrogens is 278 g/mol. The number of carbonyl (C=O) groups excluding carboxylic acids is 1. The molecule has 0 radical (unpaired) electrons.